The second-order valence-corrected chi connectivity index (χ2v) is 4.56. The van der Waals surface area contributed by atoms with Crippen LogP contribution in [0.4, 0.5) is 10.5 Å². The zero-order valence-electron chi connectivity index (χ0n) is 11.9. The van der Waals surface area contributed by atoms with Gasteiger partial charge in [0.25, 0.3) is 0 Å². The Morgan fingerprint density at radius 2 is 1.79 bits per heavy atom. The molecule has 0 saturated carbocycles. The lowest BCUT2D eigenvalue weighted by molar-refractivity contribution is -0.107. The molecule has 1 rings (SSSR count). The van der Waals surface area contributed by atoms with Crippen molar-refractivity contribution in [2.45, 2.75) is 19.5 Å². The number of hydrogen-bond donors (Lipinski definition) is 0. The van der Waals surface area contributed by atoms with Crippen LogP contribution in [0.5, 0.6) is 0 Å². The lowest BCUT2D eigenvalue weighted by Gasteiger charge is -2.34. The molecule has 0 aliphatic carbocycles. The minimum Gasteiger partial charge on any atom is -0.311 e. The third kappa shape index (κ3) is 3.54. The van der Waals surface area contributed by atoms with Crippen LogP contribution >= 0.6 is 0 Å². The number of hydrogen-bond acceptors (Lipinski definition) is 3. The predicted octanol–water partition coefficient (Wildman–Crippen LogP) is 2.00. The molecule has 0 spiro atoms. The predicted molar refractivity (Wildman–Crippen MR) is 75.9 cm³/mol. The molecule has 0 N–H and O–H groups in total. The number of imide groups is 1. The smallest absolute Gasteiger partial charge is 0.311 e. The number of benzene rings is 1. The molecule has 19 heavy (non-hydrogen) atoms. The highest BCUT2D eigenvalue weighted by atomic mass is 16.2. The third-order valence-electron chi connectivity index (χ3n) is 3.06. The number of carbonyl (C=O) groups excluding carboxylic acids is 2. The zero-order valence-corrected chi connectivity index (χ0v) is 11.9. The van der Waals surface area contributed by atoms with Crippen molar-refractivity contribution in [1.82, 2.24) is 9.80 Å². The van der Waals surface area contributed by atoms with Gasteiger partial charge in [0, 0.05) is 7.05 Å². The molecule has 0 radical (unpaired) electrons. The van der Waals surface area contributed by atoms with Gasteiger partial charge < -0.3 is 4.90 Å². The number of rotatable bonds is 5. The van der Waals surface area contributed by atoms with Gasteiger partial charge in [-0.1, -0.05) is 25.1 Å². The molecule has 0 heterocycles. The molecule has 5 nitrogen and oxygen atoms in total. The number of anilines is 1. The number of para-hydroxylation sites is 1. The van der Waals surface area contributed by atoms with Crippen molar-refractivity contribution in [3.05, 3.63) is 30.3 Å². The second-order valence-electron chi connectivity index (χ2n) is 4.56. The lowest BCUT2D eigenvalue weighted by atomic mass is 10.3. The van der Waals surface area contributed by atoms with Gasteiger partial charge in [0.1, 0.15) is 0 Å². The molecule has 0 aliphatic heterocycles. The van der Waals surface area contributed by atoms with E-state index < -0.39 is 0 Å². The van der Waals surface area contributed by atoms with E-state index in [0.29, 0.717) is 12.1 Å². The number of nitrogens with zero attached hydrogens (tertiary/aromatic N) is 3. The molecular weight excluding hydrogens is 242 g/mol. The van der Waals surface area contributed by atoms with Crippen LogP contribution in [0.3, 0.4) is 0 Å². The topological polar surface area (TPSA) is 43.9 Å². The summed E-state index contributed by atoms with van der Waals surface area (Å²) < 4.78 is 0. The molecule has 1 atom stereocenters. The molecular formula is C14H21N3O2. The molecule has 0 saturated heterocycles. The number of amides is 3. The van der Waals surface area contributed by atoms with Crippen molar-refractivity contribution in [2.75, 3.05) is 26.0 Å². The minimum absolute atomic E-state index is 0.0429. The lowest BCUT2D eigenvalue weighted by Crippen LogP contribution is -2.50. The summed E-state index contributed by atoms with van der Waals surface area (Å²) >= 11 is 0. The molecule has 1 unspecified atom stereocenters. The Kier molecular flexibility index (Phi) is 5.51. The normalized spacial score (nSPS) is 12.1. The van der Waals surface area contributed by atoms with Gasteiger partial charge in [0.2, 0.25) is 6.41 Å². The van der Waals surface area contributed by atoms with Gasteiger partial charge in [-0.25, -0.2) is 9.69 Å². The van der Waals surface area contributed by atoms with Crippen LogP contribution in [0.2, 0.25) is 0 Å². The summed E-state index contributed by atoms with van der Waals surface area (Å²) in [6.45, 7) is 2.00. The number of urea groups is 1. The molecule has 0 fully saturated rings. The highest BCUT2D eigenvalue weighted by Gasteiger charge is 2.25. The summed E-state index contributed by atoms with van der Waals surface area (Å²) in [7, 11) is 5.52. The highest BCUT2D eigenvalue weighted by Crippen LogP contribution is 2.15. The van der Waals surface area contributed by atoms with Gasteiger partial charge in [-0.3, -0.25) is 9.69 Å². The van der Waals surface area contributed by atoms with Gasteiger partial charge in [0.05, 0.1) is 11.9 Å². The molecule has 0 bridgehead atoms. The fraction of sp³-hybridized carbons (Fsp3) is 0.429. The van der Waals surface area contributed by atoms with Crippen LogP contribution in [0, 0.1) is 0 Å². The summed E-state index contributed by atoms with van der Waals surface area (Å²) in [5.41, 5.74) is 0.572. The van der Waals surface area contributed by atoms with E-state index in [1.807, 2.05) is 32.0 Å². The Bertz CT molecular complexity index is 420. The first-order chi connectivity index (χ1) is 9.02. The summed E-state index contributed by atoms with van der Waals surface area (Å²) in [5.74, 6) is 0. The zero-order chi connectivity index (χ0) is 14.4. The second kappa shape index (κ2) is 6.89. The maximum Gasteiger partial charge on any atom is 0.332 e. The first-order valence-corrected chi connectivity index (χ1v) is 6.25. The Labute approximate surface area is 114 Å². The van der Waals surface area contributed by atoms with Crippen molar-refractivity contribution in [2.24, 2.45) is 0 Å². The Hall–Kier alpha value is -1.88. The average molecular weight is 263 g/mol. The largest absolute Gasteiger partial charge is 0.332 e. The molecule has 1 aromatic rings. The van der Waals surface area contributed by atoms with E-state index in [1.54, 1.807) is 36.2 Å². The monoisotopic (exact) mass is 263 g/mol. The van der Waals surface area contributed by atoms with Crippen molar-refractivity contribution in [3.63, 3.8) is 0 Å². The molecule has 3 amide bonds. The van der Waals surface area contributed by atoms with Gasteiger partial charge in [-0.2, -0.15) is 0 Å². The van der Waals surface area contributed by atoms with Crippen LogP contribution in [0.1, 0.15) is 13.3 Å². The summed E-state index contributed by atoms with van der Waals surface area (Å²) in [6.07, 6.45) is 1.30. The van der Waals surface area contributed by atoms with Crippen LogP contribution in [-0.2, 0) is 4.79 Å². The summed E-state index contributed by atoms with van der Waals surface area (Å²) in [5, 5.41) is 0. The maximum atomic E-state index is 12.4. The van der Waals surface area contributed by atoms with Crippen molar-refractivity contribution >= 4 is 18.1 Å². The number of carbonyl (C=O) groups is 2. The van der Waals surface area contributed by atoms with Crippen molar-refractivity contribution < 1.29 is 9.59 Å². The Morgan fingerprint density at radius 1 is 1.21 bits per heavy atom. The standard InChI is InChI=1S/C14H21N3O2/c1-5-13(15(2)3)16(4)14(19)17(11-18)12-9-7-6-8-10-12/h6-11,13H,5H2,1-4H3. The Balaban J connectivity index is 2.93. The summed E-state index contributed by atoms with van der Waals surface area (Å²) in [6, 6.07) is 8.56. The van der Waals surface area contributed by atoms with E-state index in [2.05, 4.69) is 0 Å². The third-order valence-corrected chi connectivity index (χ3v) is 3.06. The minimum atomic E-state index is -0.332. The van der Waals surface area contributed by atoms with E-state index in [0.717, 1.165) is 11.3 Å². The fourth-order valence-corrected chi connectivity index (χ4v) is 2.09. The molecule has 1 aromatic carbocycles. The van der Waals surface area contributed by atoms with Gasteiger partial charge in [-0.15, -0.1) is 0 Å². The first kappa shape index (κ1) is 15.2. The first-order valence-electron chi connectivity index (χ1n) is 6.25. The quantitative estimate of drug-likeness (QED) is 0.603. The van der Waals surface area contributed by atoms with E-state index in [-0.39, 0.29) is 12.2 Å². The van der Waals surface area contributed by atoms with E-state index >= 15 is 0 Å². The summed E-state index contributed by atoms with van der Waals surface area (Å²) in [4.78, 5) is 28.2. The van der Waals surface area contributed by atoms with Gasteiger partial charge >= 0.3 is 6.03 Å². The van der Waals surface area contributed by atoms with Crippen molar-refractivity contribution in [1.29, 1.82) is 0 Å². The Morgan fingerprint density at radius 3 is 2.21 bits per heavy atom. The maximum absolute atomic E-state index is 12.4. The average Bonchev–Trinajstić information content (AvgIpc) is 2.41. The van der Waals surface area contributed by atoms with E-state index in [4.69, 9.17) is 0 Å². The van der Waals surface area contributed by atoms with Gasteiger partial charge in [0.15, 0.2) is 0 Å². The van der Waals surface area contributed by atoms with Crippen LogP contribution in [0.15, 0.2) is 30.3 Å². The van der Waals surface area contributed by atoms with E-state index in [1.165, 1.54) is 0 Å². The molecule has 104 valence electrons. The van der Waals surface area contributed by atoms with Gasteiger partial charge in [-0.05, 0) is 32.6 Å². The molecule has 0 aliphatic rings. The van der Waals surface area contributed by atoms with Crippen molar-refractivity contribution in [3.8, 4) is 0 Å². The van der Waals surface area contributed by atoms with E-state index in [9.17, 15) is 9.59 Å². The SMILES string of the molecule is CCC(N(C)C)N(C)C(=O)N(C=O)c1ccccc1. The van der Waals surface area contributed by atoms with Crippen LogP contribution < -0.4 is 4.90 Å². The molecule has 0 aromatic heterocycles. The van der Waals surface area contributed by atoms with Crippen LogP contribution in [0.25, 0.3) is 0 Å². The molecule has 5 heteroatoms. The highest BCUT2D eigenvalue weighted by molar-refractivity contribution is 6.05. The fourth-order valence-electron chi connectivity index (χ4n) is 2.09. The van der Waals surface area contributed by atoms with Crippen LogP contribution in [-0.4, -0.2) is 49.5 Å².